The van der Waals surface area contributed by atoms with Gasteiger partial charge in [0.1, 0.15) is 12.1 Å². The summed E-state index contributed by atoms with van der Waals surface area (Å²) >= 11 is 0.963. The Morgan fingerprint density at radius 3 is 2.25 bits per heavy atom. The molecule has 0 saturated carbocycles. The molecule has 0 rings (SSSR count). The molecule has 0 aromatic heterocycles. The van der Waals surface area contributed by atoms with Crippen molar-refractivity contribution in [2.45, 2.75) is 65.0 Å². The molecule has 7 N–H and O–H groups in total. The van der Waals surface area contributed by atoms with Crippen molar-refractivity contribution in [3.05, 3.63) is 0 Å². The molecule has 0 aliphatic heterocycles. The number of carbonyl (C=O) groups is 6. The number of carbonyl (C=O) groups excluding carboxylic acids is 5. The van der Waals surface area contributed by atoms with E-state index in [1.807, 2.05) is 0 Å². The highest BCUT2D eigenvalue weighted by molar-refractivity contribution is 8.13. The van der Waals surface area contributed by atoms with Gasteiger partial charge in [-0.05, 0) is 12.8 Å². The van der Waals surface area contributed by atoms with E-state index in [0.29, 0.717) is 18.7 Å². The standard InChI is InChI=1S/C22H38N4O9S/c1-14(27)24-9-4-5-17(29)35-13-22(2,3)19(31)20(32)26-10-8-16(28)25-11-12-36-18(30)7-6-15(23)21(33)34/h15,19,31H,4-13,23H2,1-3H3,(H,24,27)(H,25,28)(H,26,32)(H,33,34)/t15-,19-/m0/s1. The maximum atomic E-state index is 12.2. The highest BCUT2D eigenvalue weighted by Gasteiger charge is 2.34. The Kier molecular flexibility index (Phi) is 16.3. The lowest BCUT2D eigenvalue weighted by molar-refractivity contribution is -0.153. The number of hydrogen-bond acceptors (Lipinski definition) is 10. The molecule has 0 saturated heterocycles. The van der Waals surface area contributed by atoms with Crippen LogP contribution in [0.25, 0.3) is 0 Å². The van der Waals surface area contributed by atoms with Crippen molar-refractivity contribution in [3.8, 4) is 0 Å². The van der Waals surface area contributed by atoms with Gasteiger partial charge in [0.2, 0.25) is 17.7 Å². The lowest BCUT2D eigenvalue weighted by atomic mass is 9.87. The van der Waals surface area contributed by atoms with Gasteiger partial charge in [-0.2, -0.15) is 0 Å². The first kappa shape index (κ1) is 33.3. The Morgan fingerprint density at radius 2 is 1.64 bits per heavy atom. The van der Waals surface area contributed by atoms with Crippen LogP contribution in [-0.2, 0) is 33.5 Å². The molecule has 2 atom stereocenters. The molecule has 0 bridgehead atoms. The van der Waals surface area contributed by atoms with E-state index in [2.05, 4.69) is 16.0 Å². The van der Waals surface area contributed by atoms with E-state index in [0.717, 1.165) is 11.8 Å². The summed E-state index contributed by atoms with van der Waals surface area (Å²) in [5, 5.41) is 26.4. The first-order valence-corrected chi connectivity index (χ1v) is 12.5. The van der Waals surface area contributed by atoms with E-state index in [1.54, 1.807) is 13.8 Å². The first-order valence-electron chi connectivity index (χ1n) is 11.5. The van der Waals surface area contributed by atoms with E-state index in [-0.39, 0.29) is 62.3 Å². The minimum Gasteiger partial charge on any atom is -0.480 e. The number of ether oxygens (including phenoxy) is 1. The van der Waals surface area contributed by atoms with Crippen LogP contribution < -0.4 is 21.7 Å². The average molecular weight is 535 g/mol. The number of amides is 3. The van der Waals surface area contributed by atoms with Crippen molar-refractivity contribution in [2.24, 2.45) is 11.1 Å². The Bertz CT molecular complexity index is 777. The molecule has 3 amide bonds. The minimum absolute atomic E-state index is 0.0224. The van der Waals surface area contributed by atoms with E-state index >= 15 is 0 Å². The number of aliphatic hydroxyl groups is 1. The van der Waals surface area contributed by atoms with Crippen molar-refractivity contribution in [3.63, 3.8) is 0 Å². The summed E-state index contributed by atoms with van der Waals surface area (Å²) < 4.78 is 5.12. The molecule has 0 spiro atoms. The van der Waals surface area contributed by atoms with Crippen LogP contribution >= 0.6 is 11.8 Å². The number of aliphatic carboxylic acids is 1. The van der Waals surface area contributed by atoms with Crippen LogP contribution in [0.1, 0.15) is 52.9 Å². The zero-order valence-corrected chi connectivity index (χ0v) is 21.8. The summed E-state index contributed by atoms with van der Waals surface area (Å²) in [4.78, 5) is 68.9. The van der Waals surface area contributed by atoms with Crippen molar-refractivity contribution >= 4 is 46.5 Å². The van der Waals surface area contributed by atoms with Gasteiger partial charge in [-0.15, -0.1) is 0 Å². The second-order valence-corrected chi connectivity index (χ2v) is 9.89. The number of nitrogens with two attached hydrogens (primary N) is 1. The molecule has 36 heavy (non-hydrogen) atoms. The molecule has 0 fully saturated rings. The Balaban J connectivity index is 4.09. The van der Waals surface area contributed by atoms with Crippen molar-refractivity contribution in [1.82, 2.24) is 16.0 Å². The monoisotopic (exact) mass is 534 g/mol. The fourth-order valence-corrected chi connectivity index (χ4v) is 3.27. The molecule has 206 valence electrons. The van der Waals surface area contributed by atoms with Crippen LogP contribution in [0.2, 0.25) is 0 Å². The largest absolute Gasteiger partial charge is 0.480 e. The lowest BCUT2D eigenvalue weighted by Crippen LogP contribution is -2.47. The third-order valence-corrected chi connectivity index (χ3v) is 5.77. The summed E-state index contributed by atoms with van der Waals surface area (Å²) in [7, 11) is 0. The molecule has 13 nitrogen and oxygen atoms in total. The van der Waals surface area contributed by atoms with Gasteiger partial charge >= 0.3 is 11.9 Å². The SMILES string of the molecule is CC(=O)NCCCC(=O)OCC(C)(C)[C@@H](O)C(=O)NCCC(=O)NCCSC(=O)CC[C@H](N)C(=O)O. The van der Waals surface area contributed by atoms with Crippen LogP contribution in [0.15, 0.2) is 0 Å². The van der Waals surface area contributed by atoms with E-state index in [1.165, 1.54) is 6.92 Å². The predicted molar refractivity (Wildman–Crippen MR) is 132 cm³/mol. The van der Waals surface area contributed by atoms with Crippen LogP contribution in [0, 0.1) is 5.41 Å². The highest BCUT2D eigenvalue weighted by atomic mass is 32.2. The first-order chi connectivity index (χ1) is 16.8. The second kappa shape index (κ2) is 17.7. The zero-order valence-electron chi connectivity index (χ0n) is 21.0. The van der Waals surface area contributed by atoms with Gasteiger partial charge in [0.15, 0.2) is 5.12 Å². The van der Waals surface area contributed by atoms with Gasteiger partial charge in [-0.1, -0.05) is 25.6 Å². The van der Waals surface area contributed by atoms with Crippen molar-refractivity contribution in [2.75, 3.05) is 32.0 Å². The van der Waals surface area contributed by atoms with Crippen LogP contribution in [0.3, 0.4) is 0 Å². The van der Waals surface area contributed by atoms with Crippen LogP contribution in [0.5, 0.6) is 0 Å². The Hall–Kier alpha value is -2.71. The number of esters is 1. The fourth-order valence-electron chi connectivity index (χ4n) is 2.58. The third kappa shape index (κ3) is 16.1. The van der Waals surface area contributed by atoms with Gasteiger partial charge in [-0.25, -0.2) is 0 Å². The maximum Gasteiger partial charge on any atom is 0.320 e. The van der Waals surface area contributed by atoms with Crippen LogP contribution in [-0.4, -0.2) is 89.1 Å². The van der Waals surface area contributed by atoms with E-state index < -0.39 is 35.4 Å². The summed E-state index contributed by atoms with van der Waals surface area (Å²) in [5.41, 5.74) is 4.26. The molecule has 0 aromatic carbocycles. The summed E-state index contributed by atoms with van der Waals surface area (Å²) in [6, 6.07) is -1.09. The molecule has 0 radical (unpaired) electrons. The molecule has 0 unspecified atom stereocenters. The molecule has 0 aliphatic carbocycles. The smallest absolute Gasteiger partial charge is 0.320 e. The van der Waals surface area contributed by atoms with Crippen molar-refractivity contribution < 1.29 is 43.7 Å². The van der Waals surface area contributed by atoms with Crippen molar-refractivity contribution in [1.29, 1.82) is 0 Å². The highest BCUT2D eigenvalue weighted by Crippen LogP contribution is 2.21. The van der Waals surface area contributed by atoms with Gasteiger partial charge in [0.05, 0.1) is 6.61 Å². The molecule has 0 heterocycles. The topological polar surface area (TPSA) is 214 Å². The second-order valence-electron chi connectivity index (χ2n) is 8.73. The fraction of sp³-hybridized carbons (Fsp3) is 0.727. The number of thioether (sulfide) groups is 1. The maximum absolute atomic E-state index is 12.2. The molecular weight excluding hydrogens is 496 g/mol. The number of hydrogen-bond donors (Lipinski definition) is 6. The van der Waals surface area contributed by atoms with E-state index in [9.17, 15) is 33.9 Å². The molecular formula is C22H38N4O9S. The summed E-state index contributed by atoms with van der Waals surface area (Å²) in [5.74, 6) is -2.65. The number of aliphatic hydroxyl groups excluding tert-OH is 1. The van der Waals surface area contributed by atoms with Crippen LogP contribution in [0.4, 0.5) is 0 Å². The molecule has 0 aliphatic rings. The Morgan fingerprint density at radius 1 is 0.972 bits per heavy atom. The van der Waals surface area contributed by atoms with Gasteiger partial charge < -0.3 is 36.6 Å². The predicted octanol–water partition coefficient (Wildman–Crippen LogP) is -1.09. The Labute approximate surface area is 214 Å². The third-order valence-electron chi connectivity index (χ3n) is 4.84. The quantitative estimate of drug-likeness (QED) is 0.0917. The number of carboxylic acids is 1. The molecule has 14 heteroatoms. The summed E-state index contributed by atoms with van der Waals surface area (Å²) in [6.07, 6.45) is -0.981. The number of nitrogens with one attached hydrogen (secondary N) is 3. The average Bonchev–Trinajstić information content (AvgIpc) is 2.80. The lowest BCUT2D eigenvalue weighted by Gasteiger charge is -2.29. The summed E-state index contributed by atoms with van der Waals surface area (Å²) in [6.45, 7) is 4.81. The number of rotatable bonds is 18. The van der Waals surface area contributed by atoms with E-state index in [4.69, 9.17) is 15.6 Å². The van der Waals surface area contributed by atoms with Gasteiger partial charge in [0.25, 0.3) is 0 Å². The zero-order chi connectivity index (χ0) is 27.7. The van der Waals surface area contributed by atoms with Gasteiger partial charge in [-0.3, -0.25) is 28.8 Å². The number of carboxylic acid groups (broad SMARTS) is 1. The minimum atomic E-state index is -1.48. The molecule has 0 aromatic rings. The normalized spacial score (nSPS) is 12.7. The van der Waals surface area contributed by atoms with Gasteiger partial charge in [0, 0.05) is 57.0 Å².